The average molecular weight is 347 g/mol. The van der Waals surface area contributed by atoms with E-state index >= 15 is 0 Å². The van der Waals surface area contributed by atoms with Crippen LogP contribution < -0.4 is 5.32 Å². The van der Waals surface area contributed by atoms with Crippen LogP contribution in [0.1, 0.15) is 37.4 Å². The van der Waals surface area contributed by atoms with Crippen LogP contribution in [-0.2, 0) is 11.3 Å². The van der Waals surface area contributed by atoms with E-state index in [1.165, 1.54) is 0 Å². The molecule has 1 aliphatic heterocycles. The SMILES string of the molecule is Cc1noc([C@@H](C)N2CCN([C@H](C)C(=O)NCc3ccco3)CC2)n1. The Balaban J connectivity index is 1.46. The van der Waals surface area contributed by atoms with Gasteiger partial charge in [-0.05, 0) is 32.9 Å². The monoisotopic (exact) mass is 347 g/mol. The molecule has 0 radical (unpaired) electrons. The minimum atomic E-state index is -0.168. The van der Waals surface area contributed by atoms with Crippen LogP contribution in [0.5, 0.6) is 0 Å². The number of amides is 1. The maximum absolute atomic E-state index is 12.3. The van der Waals surface area contributed by atoms with Gasteiger partial charge < -0.3 is 14.3 Å². The summed E-state index contributed by atoms with van der Waals surface area (Å²) < 4.78 is 10.5. The first-order chi connectivity index (χ1) is 12.0. The number of aromatic nitrogens is 2. The summed E-state index contributed by atoms with van der Waals surface area (Å²) >= 11 is 0. The third-order valence-electron chi connectivity index (χ3n) is 4.74. The maximum Gasteiger partial charge on any atom is 0.243 e. The summed E-state index contributed by atoms with van der Waals surface area (Å²) in [7, 11) is 0. The van der Waals surface area contributed by atoms with Crippen molar-refractivity contribution in [2.75, 3.05) is 26.2 Å². The fourth-order valence-electron chi connectivity index (χ4n) is 3.05. The maximum atomic E-state index is 12.3. The predicted octanol–water partition coefficient (Wildman–Crippen LogP) is 1.35. The number of rotatable bonds is 6. The second kappa shape index (κ2) is 7.79. The zero-order chi connectivity index (χ0) is 17.8. The zero-order valence-corrected chi connectivity index (χ0v) is 14.9. The first kappa shape index (κ1) is 17.6. The van der Waals surface area contributed by atoms with Crippen LogP contribution in [0.25, 0.3) is 0 Å². The predicted molar refractivity (Wildman–Crippen MR) is 90.6 cm³/mol. The smallest absolute Gasteiger partial charge is 0.243 e. The number of hydrogen-bond donors (Lipinski definition) is 1. The van der Waals surface area contributed by atoms with Gasteiger partial charge in [0.1, 0.15) is 5.76 Å². The van der Waals surface area contributed by atoms with Gasteiger partial charge in [-0.3, -0.25) is 14.6 Å². The fourth-order valence-corrected chi connectivity index (χ4v) is 3.05. The molecule has 1 amide bonds. The lowest BCUT2D eigenvalue weighted by Crippen LogP contribution is -2.54. The minimum Gasteiger partial charge on any atom is -0.467 e. The summed E-state index contributed by atoms with van der Waals surface area (Å²) in [6.45, 7) is 9.63. The fraction of sp³-hybridized carbons (Fsp3) is 0.588. The third-order valence-corrected chi connectivity index (χ3v) is 4.74. The van der Waals surface area contributed by atoms with Crippen LogP contribution in [0.3, 0.4) is 0 Å². The van der Waals surface area contributed by atoms with Crippen molar-refractivity contribution in [1.82, 2.24) is 25.3 Å². The molecule has 1 fully saturated rings. The largest absolute Gasteiger partial charge is 0.467 e. The summed E-state index contributed by atoms with van der Waals surface area (Å²) in [5.74, 6) is 2.08. The molecule has 1 N–H and O–H groups in total. The van der Waals surface area contributed by atoms with Crippen molar-refractivity contribution in [3.05, 3.63) is 35.9 Å². The molecule has 0 aromatic carbocycles. The summed E-state index contributed by atoms with van der Waals surface area (Å²) in [4.78, 5) is 21.1. The highest BCUT2D eigenvalue weighted by molar-refractivity contribution is 5.81. The molecule has 25 heavy (non-hydrogen) atoms. The van der Waals surface area contributed by atoms with Crippen LogP contribution in [0, 0.1) is 6.92 Å². The molecule has 1 aliphatic rings. The van der Waals surface area contributed by atoms with E-state index in [1.807, 2.05) is 26.0 Å². The number of hydrogen-bond acceptors (Lipinski definition) is 7. The molecule has 8 nitrogen and oxygen atoms in total. The quantitative estimate of drug-likeness (QED) is 0.844. The molecular weight excluding hydrogens is 322 g/mol. The Labute approximate surface area is 147 Å². The van der Waals surface area contributed by atoms with Gasteiger partial charge in [-0.25, -0.2) is 0 Å². The lowest BCUT2D eigenvalue weighted by Gasteiger charge is -2.39. The molecule has 0 bridgehead atoms. The second-order valence-corrected chi connectivity index (χ2v) is 6.40. The van der Waals surface area contributed by atoms with E-state index in [0.717, 1.165) is 31.9 Å². The Kier molecular flexibility index (Phi) is 5.50. The molecule has 8 heteroatoms. The van der Waals surface area contributed by atoms with Gasteiger partial charge in [0, 0.05) is 26.2 Å². The summed E-state index contributed by atoms with van der Waals surface area (Å²) in [5.41, 5.74) is 0. The Hall–Kier alpha value is -2.19. The third kappa shape index (κ3) is 4.26. The Bertz CT molecular complexity index is 676. The number of piperazine rings is 1. The highest BCUT2D eigenvalue weighted by atomic mass is 16.5. The molecular formula is C17H25N5O3. The van der Waals surface area contributed by atoms with Crippen molar-refractivity contribution in [3.8, 4) is 0 Å². The minimum absolute atomic E-state index is 0.0189. The van der Waals surface area contributed by atoms with Crippen molar-refractivity contribution in [1.29, 1.82) is 0 Å². The molecule has 0 saturated carbocycles. The number of carbonyl (C=O) groups is 1. The summed E-state index contributed by atoms with van der Waals surface area (Å²) in [6, 6.07) is 3.59. The highest BCUT2D eigenvalue weighted by Crippen LogP contribution is 2.20. The van der Waals surface area contributed by atoms with Gasteiger partial charge >= 0.3 is 0 Å². The standard InChI is InChI=1S/C17H25N5O3/c1-12(16(23)18-11-15-5-4-10-24-15)21-6-8-22(9-7-21)13(2)17-19-14(3)20-25-17/h4-5,10,12-13H,6-9,11H2,1-3H3,(H,18,23)/t12-,13-/m1/s1. The Morgan fingerprint density at radius 1 is 1.28 bits per heavy atom. The first-order valence-corrected chi connectivity index (χ1v) is 8.63. The molecule has 2 atom stereocenters. The van der Waals surface area contributed by atoms with Crippen molar-refractivity contribution >= 4 is 5.91 Å². The molecule has 2 aromatic rings. The van der Waals surface area contributed by atoms with Crippen molar-refractivity contribution in [3.63, 3.8) is 0 Å². The van der Waals surface area contributed by atoms with Gasteiger partial charge in [-0.2, -0.15) is 4.98 Å². The molecule has 0 spiro atoms. The van der Waals surface area contributed by atoms with E-state index < -0.39 is 0 Å². The number of nitrogens with zero attached hydrogens (tertiary/aromatic N) is 4. The topological polar surface area (TPSA) is 87.6 Å². The van der Waals surface area contributed by atoms with Crippen molar-refractivity contribution in [2.45, 2.75) is 39.4 Å². The van der Waals surface area contributed by atoms with E-state index in [2.05, 4.69) is 32.2 Å². The summed E-state index contributed by atoms with van der Waals surface area (Å²) in [6.07, 6.45) is 1.61. The van der Waals surface area contributed by atoms with Crippen molar-refractivity contribution in [2.24, 2.45) is 0 Å². The summed E-state index contributed by atoms with van der Waals surface area (Å²) in [5, 5.41) is 6.78. The number of aryl methyl sites for hydroxylation is 1. The number of carbonyl (C=O) groups excluding carboxylic acids is 1. The van der Waals surface area contributed by atoms with Crippen LogP contribution >= 0.6 is 0 Å². The van der Waals surface area contributed by atoms with E-state index in [0.29, 0.717) is 18.3 Å². The first-order valence-electron chi connectivity index (χ1n) is 8.63. The van der Waals surface area contributed by atoms with Gasteiger partial charge in [0.05, 0.1) is 24.9 Å². The van der Waals surface area contributed by atoms with Gasteiger partial charge in [-0.1, -0.05) is 5.16 Å². The Morgan fingerprint density at radius 3 is 2.60 bits per heavy atom. The van der Waals surface area contributed by atoms with E-state index in [-0.39, 0.29) is 18.0 Å². The lowest BCUT2D eigenvalue weighted by atomic mass is 10.2. The number of nitrogens with one attached hydrogen (secondary N) is 1. The lowest BCUT2D eigenvalue weighted by molar-refractivity contribution is -0.127. The second-order valence-electron chi connectivity index (χ2n) is 6.40. The number of furan rings is 1. The highest BCUT2D eigenvalue weighted by Gasteiger charge is 2.29. The normalized spacial score (nSPS) is 18.8. The molecule has 1 saturated heterocycles. The molecule has 3 rings (SSSR count). The molecule has 136 valence electrons. The van der Waals surface area contributed by atoms with Gasteiger partial charge in [0.15, 0.2) is 5.82 Å². The van der Waals surface area contributed by atoms with Crippen LogP contribution in [0.15, 0.2) is 27.3 Å². The Morgan fingerprint density at radius 2 is 2.00 bits per heavy atom. The van der Waals surface area contributed by atoms with Gasteiger partial charge in [0.2, 0.25) is 11.8 Å². The van der Waals surface area contributed by atoms with Crippen LogP contribution in [0.2, 0.25) is 0 Å². The van der Waals surface area contributed by atoms with Crippen LogP contribution in [-0.4, -0.2) is 58.1 Å². The van der Waals surface area contributed by atoms with E-state index in [9.17, 15) is 4.79 Å². The molecule has 0 unspecified atom stereocenters. The van der Waals surface area contributed by atoms with E-state index in [1.54, 1.807) is 6.26 Å². The van der Waals surface area contributed by atoms with Crippen molar-refractivity contribution < 1.29 is 13.7 Å². The van der Waals surface area contributed by atoms with Crippen LogP contribution in [0.4, 0.5) is 0 Å². The zero-order valence-electron chi connectivity index (χ0n) is 14.9. The average Bonchev–Trinajstić information content (AvgIpc) is 3.30. The molecule has 3 heterocycles. The van der Waals surface area contributed by atoms with Gasteiger partial charge in [0.25, 0.3) is 0 Å². The van der Waals surface area contributed by atoms with Gasteiger partial charge in [-0.15, -0.1) is 0 Å². The molecule has 2 aromatic heterocycles. The molecule has 0 aliphatic carbocycles. The van der Waals surface area contributed by atoms with E-state index in [4.69, 9.17) is 8.94 Å².